The van der Waals surface area contributed by atoms with Gasteiger partial charge in [0, 0.05) is 16.4 Å². The van der Waals surface area contributed by atoms with Crippen LogP contribution >= 0.6 is 22.9 Å². The number of hydrogen-bond donors (Lipinski definition) is 2. The van der Waals surface area contributed by atoms with Gasteiger partial charge in [0.2, 0.25) is 0 Å². The average Bonchev–Trinajstić information content (AvgIpc) is 3.15. The third-order valence-electron chi connectivity index (χ3n) is 3.20. The van der Waals surface area contributed by atoms with Crippen molar-refractivity contribution in [2.75, 3.05) is 11.1 Å². The van der Waals surface area contributed by atoms with Gasteiger partial charge in [0.25, 0.3) is 0 Å². The molecule has 3 N–H and O–H groups in total. The van der Waals surface area contributed by atoms with Gasteiger partial charge in [0.1, 0.15) is 17.5 Å². The Bertz CT molecular complexity index is 607. The third kappa shape index (κ3) is 2.82. The SMILES string of the molecule is Cc1c(N)nc(C2CC2)nc1NCc1ccc(Cl)s1. The van der Waals surface area contributed by atoms with Crippen molar-refractivity contribution >= 4 is 34.6 Å². The highest BCUT2D eigenvalue weighted by molar-refractivity contribution is 7.16. The number of nitrogens with zero attached hydrogens (tertiary/aromatic N) is 2. The molecular weight excluding hydrogens is 280 g/mol. The largest absolute Gasteiger partial charge is 0.383 e. The fraction of sp³-hybridized carbons (Fsp3) is 0.385. The molecule has 6 heteroatoms. The zero-order valence-corrected chi connectivity index (χ0v) is 12.2. The summed E-state index contributed by atoms with van der Waals surface area (Å²) in [6, 6.07) is 3.92. The molecule has 1 saturated carbocycles. The lowest BCUT2D eigenvalue weighted by Gasteiger charge is -2.11. The van der Waals surface area contributed by atoms with Crippen LogP contribution in [0.15, 0.2) is 12.1 Å². The van der Waals surface area contributed by atoms with Gasteiger partial charge in [0.05, 0.1) is 10.9 Å². The van der Waals surface area contributed by atoms with E-state index in [0.29, 0.717) is 18.3 Å². The van der Waals surface area contributed by atoms with Crippen molar-refractivity contribution in [3.63, 3.8) is 0 Å². The summed E-state index contributed by atoms with van der Waals surface area (Å²) < 4.78 is 0.800. The smallest absolute Gasteiger partial charge is 0.136 e. The molecule has 19 heavy (non-hydrogen) atoms. The van der Waals surface area contributed by atoms with E-state index in [9.17, 15) is 0 Å². The molecule has 3 rings (SSSR count). The molecule has 1 aliphatic rings. The molecule has 0 spiro atoms. The molecule has 0 aliphatic heterocycles. The number of aromatic nitrogens is 2. The van der Waals surface area contributed by atoms with E-state index in [0.717, 1.165) is 21.5 Å². The van der Waals surface area contributed by atoms with Gasteiger partial charge in [-0.3, -0.25) is 0 Å². The van der Waals surface area contributed by atoms with E-state index in [2.05, 4.69) is 15.3 Å². The summed E-state index contributed by atoms with van der Waals surface area (Å²) in [5, 5.41) is 3.33. The molecule has 4 nitrogen and oxygen atoms in total. The topological polar surface area (TPSA) is 63.8 Å². The molecule has 1 aliphatic carbocycles. The monoisotopic (exact) mass is 294 g/mol. The van der Waals surface area contributed by atoms with Crippen LogP contribution in [0.5, 0.6) is 0 Å². The first-order chi connectivity index (χ1) is 9.13. The van der Waals surface area contributed by atoms with Gasteiger partial charge in [0.15, 0.2) is 0 Å². The molecule has 0 aromatic carbocycles. The van der Waals surface area contributed by atoms with E-state index in [1.807, 2.05) is 19.1 Å². The average molecular weight is 295 g/mol. The molecule has 0 atom stereocenters. The van der Waals surface area contributed by atoms with Crippen LogP contribution in [-0.2, 0) is 6.54 Å². The molecule has 2 aromatic heterocycles. The predicted molar refractivity (Wildman–Crippen MR) is 79.8 cm³/mol. The Balaban J connectivity index is 1.79. The first-order valence-corrected chi connectivity index (χ1v) is 7.45. The molecule has 0 radical (unpaired) electrons. The Morgan fingerprint density at radius 2 is 2.21 bits per heavy atom. The standard InChI is InChI=1S/C13H15ClN4S/c1-7-11(15)17-13(8-2-3-8)18-12(7)16-6-9-4-5-10(14)19-9/h4-5,8H,2-3,6H2,1H3,(H3,15,16,17,18). The van der Waals surface area contributed by atoms with Gasteiger partial charge in [-0.25, -0.2) is 9.97 Å². The third-order valence-corrected chi connectivity index (χ3v) is 4.43. The number of anilines is 2. The second-order valence-corrected chi connectivity index (χ2v) is 6.57. The first kappa shape index (κ1) is 12.7. The summed E-state index contributed by atoms with van der Waals surface area (Å²) >= 11 is 7.49. The summed E-state index contributed by atoms with van der Waals surface area (Å²) in [5.41, 5.74) is 6.86. The lowest BCUT2D eigenvalue weighted by Crippen LogP contribution is -2.08. The summed E-state index contributed by atoms with van der Waals surface area (Å²) in [5.74, 6) is 2.77. The summed E-state index contributed by atoms with van der Waals surface area (Å²) in [6.45, 7) is 2.65. The van der Waals surface area contributed by atoms with E-state index in [1.165, 1.54) is 17.7 Å². The Morgan fingerprint density at radius 1 is 1.42 bits per heavy atom. The zero-order valence-electron chi connectivity index (χ0n) is 10.6. The maximum absolute atomic E-state index is 5.95. The van der Waals surface area contributed by atoms with E-state index < -0.39 is 0 Å². The van der Waals surface area contributed by atoms with Crippen molar-refractivity contribution in [3.05, 3.63) is 32.7 Å². The summed E-state index contributed by atoms with van der Waals surface area (Å²) in [6.07, 6.45) is 2.34. The minimum atomic E-state index is 0.500. The van der Waals surface area contributed by atoms with Crippen molar-refractivity contribution in [1.82, 2.24) is 9.97 Å². The van der Waals surface area contributed by atoms with Crippen LogP contribution in [0, 0.1) is 6.92 Å². The maximum Gasteiger partial charge on any atom is 0.136 e. The molecule has 1 fully saturated rings. The van der Waals surface area contributed by atoms with Crippen LogP contribution in [0.25, 0.3) is 0 Å². The van der Waals surface area contributed by atoms with Crippen LogP contribution < -0.4 is 11.1 Å². The number of nitrogen functional groups attached to an aromatic ring is 1. The normalized spacial score (nSPS) is 14.6. The zero-order chi connectivity index (χ0) is 13.4. The predicted octanol–water partition coefficient (Wildman–Crippen LogP) is 3.57. The minimum Gasteiger partial charge on any atom is -0.383 e. The van der Waals surface area contributed by atoms with Gasteiger partial charge in [-0.05, 0) is 31.9 Å². The first-order valence-electron chi connectivity index (χ1n) is 6.25. The Labute approximate surface area is 121 Å². The number of rotatable bonds is 4. The van der Waals surface area contributed by atoms with Gasteiger partial charge in [-0.15, -0.1) is 11.3 Å². The van der Waals surface area contributed by atoms with E-state index in [4.69, 9.17) is 17.3 Å². The van der Waals surface area contributed by atoms with E-state index in [-0.39, 0.29) is 0 Å². The van der Waals surface area contributed by atoms with Gasteiger partial charge in [-0.2, -0.15) is 0 Å². The van der Waals surface area contributed by atoms with E-state index in [1.54, 1.807) is 11.3 Å². The lowest BCUT2D eigenvalue weighted by molar-refractivity contribution is 0.918. The Morgan fingerprint density at radius 3 is 2.84 bits per heavy atom. The van der Waals surface area contributed by atoms with Gasteiger partial charge < -0.3 is 11.1 Å². The number of nitrogens with one attached hydrogen (secondary N) is 1. The Kier molecular flexibility index (Phi) is 3.33. The van der Waals surface area contributed by atoms with E-state index >= 15 is 0 Å². The van der Waals surface area contributed by atoms with Crippen LogP contribution in [0.2, 0.25) is 4.34 Å². The van der Waals surface area contributed by atoms with Crippen LogP contribution in [0.4, 0.5) is 11.6 Å². The minimum absolute atomic E-state index is 0.500. The van der Waals surface area contributed by atoms with Crippen LogP contribution in [0.1, 0.15) is 35.0 Å². The molecule has 0 bridgehead atoms. The molecule has 100 valence electrons. The van der Waals surface area contributed by atoms with Crippen molar-refractivity contribution in [2.24, 2.45) is 0 Å². The maximum atomic E-state index is 5.95. The molecule has 0 unspecified atom stereocenters. The quantitative estimate of drug-likeness (QED) is 0.905. The number of thiophene rings is 1. The van der Waals surface area contributed by atoms with Gasteiger partial charge >= 0.3 is 0 Å². The highest BCUT2D eigenvalue weighted by atomic mass is 35.5. The second kappa shape index (κ2) is 4.98. The number of halogens is 1. The fourth-order valence-electron chi connectivity index (χ4n) is 1.87. The highest BCUT2D eigenvalue weighted by Crippen LogP contribution is 2.39. The van der Waals surface area contributed by atoms with Crippen LogP contribution in [-0.4, -0.2) is 9.97 Å². The molecule has 0 saturated heterocycles. The molecular formula is C13H15ClN4S. The number of hydrogen-bond acceptors (Lipinski definition) is 5. The highest BCUT2D eigenvalue weighted by Gasteiger charge is 2.27. The van der Waals surface area contributed by atoms with Crippen molar-refractivity contribution in [2.45, 2.75) is 32.2 Å². The summed E-state index contributed by atoms with van der Waals surface area (Å²) in [4.78, 5) is 10.1. The van der Waals surface area contributed by atoms with Crippen LogP contribution in [0.3, 0.4) is 0 Å². The number of nitrogens with two attached hydrogens (primary N) is 1. The second-order valence-electron chi connectivity index (χ2n) is 4.77. The Hall–Kier alpha value is -1.33. The lowest BCUT2D eigenvalue weighted by atomic mass is 10.3. The van der Waals surface area contributed by atoms with Crippen molar-refractivity contribution < 1.29 is 0 Å². The molecule has 2 heterocycles. The summed E-state index contributed by atoms with van der Waals surface area (Å²) in [7, 11) is 0. The van der Waals surface area contributed by atoms with Crippen molar-refractivity contribution in [3.8, 4) is 0 Å². The van der Waals surface area contributed by atoms with Gasteiger partial charge in [-0.1, -0.05) is 11.6 Å². The molecule has 0 amide bonds. The molecule has 2 aromatic rings. The fourth-order valence-corrected chi connectivity index (χ4v) is 2.89. The van der Waals surface area contributed by atoms with Crippen molar-refractivity contribution in [1.29, 1.82) is 0 Å².